The fourth-order valence-corrected chi connectivity index (χ4v) is 9.24. The number of aliphatic carboxylic acids is 1. The third-order valence-electron chi connectivity index (χ3n) is 13.9. The highest BCUT2D eigenvalue weighted by Crippen LogP contribution is 2.27. The van der Waals surface area contributed by atoms with E-state index in [1.165, 1.54) is 122 Å². The number of esters is 3. The summed E-state index contributed by atoms with van der Waals surface area (Å²) in [6, 6.07) is 0. The quantitative estimate of drug-likeness (QED) is 0.0228. The number of carbonyl (C=O) groups excluding carboxylic acids is 3. The lowest BCUT2D eigenvalue weighted by atomic mass is 9.98. The van der Waals surface area contributed by atoms with E-state index in [4.69, 9.17) is 23.7 Å². The molecule has 1 aliphatic rings. The predicted molar refractivity (Wildman–Crippen MR) is 303 cm³/mol. The van der Waals surface area contributed by atoms with Gasteiger partial charge in [0.05, 0.1) is 6.61 Å². The molecule has 1 aliphatic heterocycles. The average molecular weight is 1060 g/mol. The van der Waals surface area contributed by atoms with Crippen molar-refractivity contribution >= 4 is 23.9 Å². The molecule has 0 radical (unpaired) electrons. The number of carbonyl (C=O) groups is 4. The van der Waals surface area contributed by atoms with Gasteiger partial charge in [-0.3, -0.25) is 14.4 Å². The number of rotatable bonds is 52. The SMILES string of the molecule is CC/C=C\C/C=C\C/C=C\C/C=C\CCCCCCC(=O)OCC(COC1OC(C(=O)O)C(O)C(O)C1OC(=O)CCCCCCCCCCCCCCCCC)OC(=O)CCCCCCCCCCCCCCC. The summed E-state index contributed by atoms with van der Waals surface area (Å²) in [4.78, 5) is 51.2. The van der Waals surface area contributed by atoms with E-state index in [0.717, 1.165) is 96.3 Å². The van der Waals surface area contributed by atoms with E-state index in [0.29, 0.717) is 19.3 Å². The molecule has 6 atom stereocenters. The Kier molecular flexibility index (Phi) is 47.8. The lowest BCUT2D eigenvalue weighted by Crippen LogP contribution is -2.61. The molecule has 0 aromatic heterocycles. The maximum atomic E-state index is 13.1. The standard InChI is InChI=1S/C63H110O12/c1-4-7-10-13-16-19-22-25-27-28-30-32-34-37-40-43-46-49-55(64)71-52-54(73-56(65)50-47-44-41-38-35-31-24-21-18-15-12-9-6-3)53-72-63-61(59(68)58(67)60(75-63)62(69)70)74-57(66)51-48-45-42-39-36-33-29-26-23-20-17-14-11-8-5-2/h7,10,16,19,25,27,30,32,54,58-61,63,67-68H,4-6,8-9,11-15,17-18,20-24,26,28-29,31,33-53H2,1-3H3,(H,69,70)/b10-7-,19-16-,27-25-,32-30-. The molecule has 0 saturated carbocycles. The second kappa shape index (κ2) is 51.4. The van der Waals surface area contributed by atoms with Gasteiger partial charge in [0.25, 0.3) is 0 Å². The van der Waals surface area contributed by atoms with E-state index in [-0.39, 0.29) is 25.9 Å². The van der Waals surface area contributed by atoms with E-state index >= 15 is 0 Å². The first-order chi connectivity index (χ1) is 36.6. The lowest BCUT2D eigenvalue weighted by Gasteiger charge is -2.40. The van der Waals surface area contributed by atoms with Crippen molar-refractivity contribution in [2.45, 2.75) is 314 Å². The van der Waals surface area contributed by atoms with Gasteiger partial charge in [-0.25, -0.2) is 4.79 Å². The molecule has 12 heteroatoms. The van der Waals surface area contributed by atoms with Crippen molar-refractivity contribution in [2.24, 2.45) is 0 Å². The van der Waals surface area contributed by atoms with Gasteiger partial charge in [-0.1, -0.05) is 249 Å². The van der Waals surface area contributed by atoms with Crippen LogP contribution in [0.2, 0.25) is 0 Å². The molecule has 0 spiro atoms. The summed E-state index contributed by atoms with van der Waals surface area (Å²) < 4.78 is 28.5. The Bertz CT molecular complexity index is 1490. The van der Waals surface area contributed by atoms with Crippen LogP contribution in [0, 0.1) is 0 Å². The van der Waals surface area contributed by atoms with Crippen molar-refractivity contribution in [3.05, 3.63) is 48.6 Å². The van der Waals surface area contributed by atoms with Gasteiger partial charge < -0.3 is 39.0 Å². The summed E-state index contributed by atoms with van der Waals surface area (Å²) in [5.74, 6) is -3.13. The molecule has 1 fully saturated rings. The Morgan fingerprint density at radius 2 is 0.840 bits per heavy atom. The van der Waals surface area contributed by atoms with Crippen molar-refractivity contribution in [3.63, 3.8) is 0 Å². The monoisotopic (exact) mass is 1060 g/mol. The van der Waals surface area contributed by atoms with Crippen LogP contribution in [0.15, 0.2) is 48.6 Å². The van der Waals surface area contributed by atoms with Crippen molar-refractivity contribution in [3.8, 4) is 0 Å². The van der Waals surface area contributed by atoms with Gasteiger partial charge >= 0.3 is 23.9 Å². The van der Waals surface area contributed by atoms with Crippen molar-refractivity contribution in [2.75, 3.05) is 13.2 Å². The minimum atomic E-state index is -1.90. The smallest absolute Gasteiger partial charge is 0.335 e. The number of ether oxygens (including phenoxy) is 5. The molecule has 0 amide bonds. The normalized spacial score (nSPS) is 18.4. The topological polar surface area (TPSA) is 175 Å². The number of allylic oxidation sites excluding steroid dienone is 8. The van der Waals surface area contributed by atoms with Crippen LogP contribution in [0.4, 0.5) is 0 Å². The van der Waals surface area contributed by atoms with Gasteiger partial charge in [0, 0.05) is 19.3 Å². The Labute approximate surface area is 456 Å². The van der Waals surface area contributed by atoms with Gasteiger partial charge in [-0.05, 0) is 57.8 Å². The zero-order valence-corrected chi connectivity index (χ0v) is 47.8. The minimum absolute atomic E-state index is 0.0628. The number of aliphatic hydroxyl groups excluding tert-OH is 2. The Morgan fingerprint density at radius 1 is 0.453 bits per heavy atom. The highest BCUT2D eigenvalue weighted by molar-refractivity contribution is 5.74. The molecule has 0 bridgehead atoms. The molecule has 1 heterocycles. The maximum Gasteiger partial charge on any atom is 0.335 e. The fraction of sp³-hybridized carbons (Fsp3) is 0.810. The third kappa shape index (κ3) is 41.5. The number of hydrogen-bond donors (Lipinski definition) is 3. The van der Waals surface area contributed by atoms with E-state index in [9.17, 15) is 34.5 Å². The zero-order chi connectivity index (χ0) is 54.7. The van der Waals surface area contributed by atoms with Crippen LogP contribution in [-0.4, -0.2) is 89.2 Å². The van der Waals surface area contributed by atoms with Crippen molar-refractivity contribution in [1.29, 1.82) is 0 Å². The average Bonchev–Trinajstić information content (AvgIpc) is 3.39. The first-order valence-corrected chi connectivity index (χ1v) is 30.6. The molecule has 0 aromatic rings. The van der Waals surface area contributed by atoms with Gasteiger partial charge in [0.1, 0.15) is 18.8 Å². The van der Waals surface area contributed by atoms with E-state index < -0.39 is 67.3 Å². The Balaban J connectivity index is 2.68. The molecule has 75 heavy (non-hydrogen) atoms. The zero-order valence-electron chi connectivity index (χ0n) is 47.8. The number of hydrogen-bond acceptors (Lipinski definition) is 11. The second-order valence-corrected chi connectivity index (χ2v) is 21.0. The number of carboxylic acids is 1. The molecule has 6 unspecified atom stereocenters. The molecule has 3 N–H and O–H groups in total. The first-order valence-electron chi connectivity index (χ1n) is 30.6. The third-order valence-corrected chi connectivity index (χ3v) is 13.9. The van der Waals surface area contributed by atoms with Gasteiger partial charge in [0.15, 0.2) is 24.6 Å². The molecule has 0 aromatic carbocycles. The van der Waals surface area contributed by atoms with Crippen molar-refractivity contribution < 1.29 is 58.2 Å². The lowest BCUT2D eigenvalue weighted by molar-refractivity contribution is -0.301. The largest absolute Gasteiger partial charge is 0.479 e. The number of carboxylic acid groups (broad SMARTS) is 1. The summed E-state index contributed by atoms with van der Waals surface area (Å²) in [5.41, 5.74) is 0. The number of unbranched alkanes of at least 4 members (excludes halogenated alkanes) is 30. The van der Waals surface area contributed by atoms with Gasteiger partial charge in [-0.2, -0.15) is 0 Å². The van der Waals surface area contributed by atoms with Crippen LogP contribution in [-0.2, 0) is 42.9 Å². The second-order valence-electron chi connectivity index (χ2n) is 21.0. The van der Waals surface area contributed by atoms with Crippen LogP contribution in [0.1, 0.15) is 278 Å². The van der Waals surface area contributed by atoms with Crippen LogP contribution in [0.25, 0.3) is 0 Å². The Hall–Kier alpha value is -3.32. The summed E-state index contributed by atoms with van der Waals surface area (Å²) >= 11 is 0. The van der Waals surface area contributed by atoms with Crippen LogP contribution >= 0.6 is 0 Å². The molecule has 434 valence electrons. The van der Waals surface area contributed by atoms with Gasteiger partial charge in [-0.15, -0.1) is 0 Å². The van der Waals surface area contributed by atoms with E-state index in [1.807, 2.05) is 0 Å². The van der Waals surface area contributed by atoms with Gasteiger partial charge in [0.2, 0.25) is 0 Å². The maximum absolute atomic E-state index is 13.1. The van der Waals surface area contributed by atoms with E-state index in [2.05, 4.69) is 69.4 Å². The summed E-state index contributed by atoms with van der Waals surface area (Å²) in [6.45, 7) is 5.88. The molecule has 12 nitrogen and oxygen atoms in total. The van der Waals surface area contributed by atoms with Crippen molar-refractivity contribution in [1.82, 2.24) is 0 Å². The van der Waals surface area contributed by atoms with Crippen LogP contribution in [0.3, 0.4) is 0 Å². The molecular formula is C63H110O12. The molecule has 1 saturated heterocycles. The predicted octanol–water partition coefficient (Wildman–Crippen LogP) is 15.8. The first kappa shape index (κ1) is 69.7. The molecule has 1 rings (SSSR count). The minimum Gasteiger partial charge on any atom is -0.479 e. The fourth-order valence-electron chi connectivity index (χ4n) is 9.24. The summed E-state index contributed by atoms with van der Waals surface area (Å²) in [5, 5.41) is 31.5. The highest BCUT2D eigenvalue weighted by Gasteiger charge is 2.50. The number of aliphatic hydroxyl groups is 2. The van der Waals surface area contributed by atoms with Crippen LogP contribution < -0.4 is 0 Å². The van der Waals surface area contributed by atoms with Crippen LogP contribution in [0.5, 0.6) is 0 Å². The van der Waals surface area contributed by atoms with E-state index in [1.54, 1.807) is 0 Å². The highest BCUT2D eigenvalue weighted by atomic mass is 16.7. The molecule has 0 aliphatic carbocycles. The molecular weight excluding hydrogens is 949 g/mol. The summed E-state index contributed by atoms with van der Waals surface area (Å²) in [7, 11) is 0. The summed E-state index contributed by atoms with van der Waals surface area (Å²) in [6.07, 6.45) is 49.3. The Morgan fingerprint density at radius 3 is 1.28 bits per heavy atom.